The highest BCUT2D eigenvalue weighted by atomic mass is 32.1. The maximum absolute atomic E-state index is 13.7. The number of rotatable bonds is 3. The summed E-state index contributed by atoms with van der Waals surface area (Å²) >= 11 is 1.49. The summed E-state index contributed by atoms with van der Waals surface area (Å²) in [6.45, 7) is 2.05. The van der Waals surface area contributed by atoms with Crippen LogP contribution < -0.4 is 5.73 Å². The van der Waals surface area contributed by atoms with Gasteiger partial charge in [-0.1, -0.05) is 24.2 Å². The summed E-state index contributed by atoms with van der Waals surface area (Å²) in [5, 5.41) is 4.45. The second-order valence-electron chi connectivity index (χ2n) is 4.25. The molecule has 3 rings (SSSR count). The monoisotopic (exact) mass is 289 g/mol. The molecule has 20 heavy (non-hydrogen) atoms. The van der Waals surface area contributed by atoms with Crippen LogP contribution >= 0.6 is 11.3 Å². The molecule has 3 aromatic rings. The van der Waals surface area contributed by atoms with E-state index >= 15 is 0 Å². The van der Waals surface area contributed by atoms with Crippen molar-refractivity contribution in [3.05, 3.63) is 41.0 Å². The number of nitrogens with zero attached hydrogens (tertiary/aromatic N) is 2. The van der Waals surface area contributed by atoms with Crippen molar-refractivity contribution in [1.29, 1.82) is 0 Å². The minimum atomic E-state index is -0.382. The fourth-order valence-electron chi connectivity index (χ4n) is 1.88. The predicted molar refractivity (Wildman–Crippen MR) is 76.8 cm³/mol. The zero-order chi connectivity index (χ0) is 14.1. The highest BCUT2D eigenvalue weighted by Crippen LogP contribution is 2.34. The molecule has 0 amide bonds. The molecule has 0 fully saturated rings. The average Bonchev–Trinajstić information content (AvgIpc) is 3.05. The highest BCUT2D eigenvalue weighted by Gasteiger charge is 2.17. The van der Waals surface area contributed by atoms with Gasteiger partial charge in [0.05, 0.1) is 16.1 Å². The molecule has 0 aliphatic rings. The van der Waals surface area contributed by atoms with Gasteiger partial charge in [0.25, 0.3) is 5.89 Å². The molecule has 0 radical (unpaired) electrons. The summed E-state index contributed by atoms with van der Waals surface area (Å²) in [7, 11) is 0. The van der Waals surface area contributed by atoms with Gasteiger partial charge in [0, 0.05) is 4.88 Å². The van der Waals surface area contributed by atoms with Crippen molar-refractivity contribution in [3.8, 4) is 22.8 Å². The zero-order valence-corrected chi connectivity index (χ0v) is 11.6. The molecule has 0 saturated carbocycles. The Morgan fingerprint density at radius 1 is 1.30 bits per heavy atom. The van der Waals surface area contributed by atoms with E-state index < -0.39 is 0 Å². The Hall–Kier alpha value is -2.21. The van der Waals surface area contributed by atoms with Crippen molar-refractivity contribution in [2.75, 3.05) is 5.73 Å². The summed E-state index contributed by atoms with van der Waals surface area (Å²) in [6.07, 6.45) is 0.892. The Morgan fingerprint density at radius 3 is 2.80 bits per heavy atom. The number of hydrogen-bond acceptors (Lipinski definition) is 5. The first-order valence-corrected chi connectivity index (χ1v) is 6.98. The highest BCUT2D eigenvalue weighted by molar-refractivity contribution is 7.16. The Balaban J connectivity index is 2.02. The van der Waals surface area contributed by atoms with Crippen LogP contribution in [0.15, 0.2) is 34.9 Å². The first-order valence-electron chi connectivity index (χ1n) is 6.16. The Morgan fingerprint density at radius 2 is 2.10 bits per heavy atom. The minimum Gasteiger partial charge on any atom is -0.390 e. The zero-order valence-electron chi connectivity index (χ0n) is 10.8. The van der Waals surface area contributed by atoms with E-state index in [9.17, 15) is 4.39 Å². The van der Waals surface area contributed by atoms with Crippen LogP contribution in [-0.4, -0.2) is 10.1 Å². The van der Waals surface area contributed by atoms with E-state index in [-0.39, 0.29) is 11.6 Å². The molecule has 0 atom stereocenters. The third-order valence-electron chi connectivity index (χ3n) is 2.93. The van der Waals surface area contributed by atoms with Gasteiger partial charge in [-0.2, -0.15) is 4.98 Å². The number of aryl methyl sites for hydroxylation is 1. The van der Waals surface area contributed by atoms with Crippen molar-refractivity contribution < 1.29 is 8.91 Å². The second-order valence-corrected chi connectivity index (χ2v) is 5.42. The van der Waals surface area contributed by atoms with Crippen LogP contribution in [-0.2, 0) is 6.42 Å². The minimum absolute atomic E-state index is 0.224. The third kappa shape index (κ3) is 2.18. The fourth-order valence-corrected chi connectivity index (χ4v) is 2.74. The van der Waals surface area contributed by atoms with Crippen LogP contribution in [0, 0.1) is 5.82 Å². The normalized spacial score (nSPS) is 10.9. The van der Waals surface area contributed by atoms with E-state index in [1.165, 1.54) is 17.4 Å². The third-order valence-corrected chi connectivity index (χ3v) is 4.04. The Kier molecular flexibility index (Phi) is 3.23. The SMILES string of the molecule is CCc1cc(-c2nc(-c3ccccc3F)no2)c(N)s1. The predicted octanol–water partition coefficient (Wildman–Crippen LogP) is 3.75. The molecule has 0 saturated heterocycles. The van der Waals surface area contributed by atoms with Gasteiger partial charge in [0.15, 0.2) is 0 Å². The van der Waals surface area contributed by atoms with Gasteiger partial charge in [-0.3, -0.25) is 0 Å². The maximum Gasteiger partial charge on any atom is 0.261 e. The summed E-state index contributed by atoms with van der Waals surface area (Å²) in [6, 6.07) is 8.24. The fraction of sp³-hybridized carbons (Fsp3) is 0.143. The van der Waals surface area contributed by atoms with Gasteiger partial charge in [0.1, 0.15) is 5.82 Å². The first kappa shape index (κ1) is 12.8. The smallest absolute Gasteiger partial charge is 0.261 e. The molecule has 2 N–H and O–H groups in total. The van der Waals surface area contributed by atoms with Gasteiger partial charge < -0.3 is 10.3 Å². The number of anilines is 1. The van der Waals surface area contributed by atoms with Gasteiger partial charge in [-0.05, 0) is 24.6 Å². The molecule has 0 unspecified atom stereocenters. The molecule has 102 valence electrons. The van der Waals surface area contributed by atoms with E-state index in [1.54, 1.807) is 18.2 Å². The van der Waals surface area contributed by atoms with Crippen molar-refractivity contribution in [1.82, 2.24) is 10.1 Å². The molecular formula is C14H12FN3OS. The van der Waals surface area contributed by atoms with Crippen LogP contribution in [0.2, 0.25) is 0 Å². The molecule has 2 aromatic heterocycles. The summed E-state index contributed by atoms with van der Waals surface area (Å²) in [5.41, 5.74) is 6.97. The number of halogens is 1. The van der Waals surface area contributed by atoms with E-state index in [4.69, 9.17) is 10.3 Å². The van der Waals surface area contributed by atoms with Crippen LogP contribution in [0.4, 0.5) is 9.39 Å². The lowest BCUT2D eigenvalue weighted by molar-refractivity contribution is 0.432. The Bertz CT molecular complexity index is 750. The van der Waals surface area contributed by atoms with Gasteiger partial charge >= 0.3 is 0 Å². The van der Waals surface area contributed by atoms with Crippen LogP contribution in [0.1, 0.15) is 11.8 Å². The molecule has 0 aliphatic heterocycles. The van der Waals surface area contributed by atoms with Crippen molar-refractivity contribution in [2.45, 2.75) is 13.3 Å². The lowest BCUT2D eigenvalue weighted by atomic mass is 10.2. The standard InChI is InChI=1S/C14H12FN3OS/c1-2-8-7-10(12(16)20-8)14-17-13(18-19-14)9-5-3-4-6-11(9)15/h3-7H,2,16H2,1H3. The van der Waals surface area contributed by atoms with Gasteiger partial charge in [-0.15, -0.1) is 11.3 Å². The molecular weight excluding hydrogens is 277 g/mol. The summed E-state index contributed by atoms with van der Waals surface area (Å²) in [4.78, 5) is 5.37. The van der Waals surface area contributed by atoms with Gasteiger partial charge in [0.2, 0.25) is 5.82 Å². The number of nitrogen functional groups attached to an aromatic ring is 1. The van der Waals surface area contributed by atoms with E-state index in [0.29, 0.717) is 22.0 Å². The van der Waals surface area contributed by atoms with Crippen LogP contribution in [0.5, 0.6) is 0 Å². The second kappa shape index (κ2) is 5.05. The topological polar surface area (TPSA) is 64.9 Å². The number of thiophene rings is 1. The average molecular weight is 289 g/mol. The number of benzene rings is 1. The van der Waals surface area contributed by atoms with Gasteiger partial charge in [-0.25, -0.2) is 4.39 Å². The van der Waals surface area contributed by atoms with E-state index in [0.717, 1.165) is 11.3 Å². The molecule has 0 spiro atoms. The number of nitrogens with two attached hydrogens (primary N) is 1. The van der Waals surface area contributed by atoms with Crippen molar-refractivity contribution in [3.63, 3.8) is 0 Å². The van der Waals surface area contributed by atoms with E-state index in [2.05, 4.69) is 10.1 Å². The van der Waals surface area contributed by atoms with Crippen LogP contribution in [0.3, 0.4) is 0 Å². The molecule has 6 heteroatoms. The molecule has 4 nitrogen and oxygen atoms in total. The summed E-state index contributed by atoms with van der Waals surface area (Å²) in [5.74, 6) is 0.158. The van der Waals surface area contributed by atoms with Crippen LogP contribution in [0.25, 0.3) is 22.8 Å². The number of hydrogen-bond donors (Lipinski definition) is 1. The Labute approximate surface area is 119 Å². The molecule has 2 heterocycles. The van der Waals surface area contributed by atoms with E-state index in [1.807, 2.05) is 13.0 Å². The lowest BCUT2D eigenvalue weighted by Gasteiger charge is -1.94. The first-order chi connectivity index (χ1) is 9.69. The quantitative estimate of drug-likeness (QED) is 0.797. The van der Waals surface area contributed by atoms with Crippen molar-refractivity contribution in [2.24, 2.45) is 0 Å². The largest absolute Gasteiger partial charge is 0.390 e. The van der Waals surface area contributed by atoms with Crippen molar-refractivity contribution >= 4 is 16.3 Å². The maximum atomic E-state index is 13.7. The lowest BCUT2D eigenvalue weighted by Crippen LogP contribution is -1.86. The molecule has 0 aliphatic carbocycles. The molecule has 0 bridgehead atoms. The number of aromatic nitrogens is 2. The molecule has 1 aromatic carbocycles. The summed E-state index contributed by atoms with van der Waals surface area (Å²) < 4.78 is 18.9.